The van der Waals surface area contributed by atoms with E-state index < -0.39 is 5.91 Å². The summed E-state index contributed by atoms with van der Waals surface area (Å²) in [6, 6.07) is 13.6. The van der Waals surface area contributed by atoms with Gasteiger partial charge in [-0.1, -0.05) is 25.1 Å². The number of rotatable bonds is 7. The van der Waals surface area contributed by atoms with Gasteiger partial charge in [0, 0.05) is 23.5 Å². The van der Waals surface area contributed by atoms with Gasteiger partial charge in [0.2, 0.25) is 11.8 Å². The van der Waals surface area contributed by atoms with E-state index in [1.54, 1.807) is 55.5 Å². The van der Waals surface area contributed by atoms with Crippen LogP contribution in [0.5, 0.6) is 0 Å². The molecule has 0 fully saturated rings. The van der Waals surface area contributed by atoms with Gasteiger partial charge in [0.15, 0.2) is 0 Å². The fraction of sp³-hybridized carbons (Fsp3) is 0.167. The second kappa shape index (κ2) is 8.49. The molecule has 0 saturated heterocycles. The zero-order chi connectivity index (χ0) is 18.2. The maximum absolute atomic E-state index is 12.1. The Morgan fingerprint density at radius 1 is 0.920 bits per heavy atom. The zero-order valence-corrected chi connectivity index (χ0v) is 13.8. The molecule has 130 valence electrons. The molecule has 0 radical (unpaired) electrons. The Balaban J connectivity index is 1.96. The first kappa shape index (κ1) is 18.0. The molecule has 7 nitrogen and oxygen atoms in total. The molecule has 0 aliphatic heterocycles. The Morgan fingerprint density at radius 3 is 2.20 bits per heavy atom. The lowest BCUT2D eigenvalue weighted by molar-refractivity contribution is -0.116. The number of carbonyl (C=O) groups is 3. The lowest BCUT2D eigenvalue weighted by Crippen LogP contribution is -2.23. The molecule has 3 amide bonds. The van der Waals surface area contributed by atoms with Gasteiger partial charge in [-0.3, -0.25) is 14.4 Å². The molecule has 2 aromatic carbocycles. The van der Waals surface area contributed by atoms with Crippen LogP contribution in [0.3, 0.4) is 0 Å². The summed E-state index contributed by atoms with van der Waals surface area (Å²) in [6.45, 7) is 1.73. The van der Waals surface area contributed by atoms with Crippen LogP contribution in [0.25, 0.3) is 0 Å². The fourth-order valence-corrected chi connectivity index (χ4v) is 2.16. The minimum absolute atomic E-state index is 0.0319. The van der Waals surface area contributed by atoms with Crippen molar-refractivity contribution in [3.05, 3.63) is 54.1 Å². The van der Waals surface area contributed by atoms with Gasteiger partial charge in [-0.25, -0.2) is 0 Å². The van der Waals surface area contributed by atoms with Crippen LogP contribution in [0.2, 0.25) is 0 Å². The van der Waals surface area contributed by atoms with E-state index in [-0.39, 0.29) is 18.4 Å². The molecule has 7 heteroatoms. The van der Waals surface area contributed by atoms with E-state index in [4.69, 9.17) is 5.73 Å². The predicted molar refractivity (Wildman–Crippen MR) is 97.4 cm³/mol. The normalized spacial score (nSPS) is 9.96. The van der Waals surface area contributed by atoms with Crippen molar-refractivity contribution in [1.29, 1.82) is 0 Å². The van der Waals surface area contributed by atoms with E-state index in [0.717, 1.165) is 0 Å². The summed E-state index contributed by atoms with van der Waals surface area (Å²) in [7, 11) is 0. The van der Waals surface area contributed by atoms with Gasteiger partial charge in [0.25, 0.3) is 5.91 Å². The zero-order valence-electron chi connectivity index (χ0n) is 13.8. The highest BCUT2D eigenvalue weighted by molar-refractivity contribution is 6.00. The second-order valence-corrected chi connectivity index (χ2v) is 5.29. The van der Waals surface area contributed by atoms with Crippen molar-refractivity contribution in [3.8, 4) is 0 Å². The van der Waals surface area contributed by atoms with Crippen LogP contribution in [0.4, 0.5) is 17.1 Å². The number of nitrogens with two attached hydrogens (primary N) is 1. The van der Waals surface area contributed by atoms with E-state index >= 15 is 0 Å². The average Bonchev–Trinajstić information content (AvgIpc) is 2.60. The summed E-state index contributed by atoms with van der Waals surface area (Å²) in [5.41, 5.74) is 7.28. The minimum atomic E-state index is -0.567. The Kier molecular flexibility index (Phi) is 6.11. The van der Waals surface area contributed by atoms with Gasteiger partial charge < -0.3 is 21.7 Å². The Bertz CT molecular complexity index is 789. The highest BCUT2D eigenvalue weighted by Gasteiger charge is 2.09. The van der Waals surface area contributed by atoms with Crippen LogP contribution in [-0.2, 0) is 9.59 Å². The van der Waals surface area contributed by atoms with Crippen molar-refractivity contribution < 1.29 is 14.4 Å². The summed E-state index contributed by atoms with van der Waals surface area (Å²) in [5, 5.41) is 8.34. The number of hydrogen-bond acceptors (Lipinski definition) is 4. The lowest BCUT2D eigenvalue weighted by atomic mass is 10.1. The highest BCUT2D eigenvalue weighted by atomic mass is 16.2. The van der Waals surface area contributed by atoms with E-state index in [1.165, 1.54) is 0 Å². The number of hydrogen-bond donors (Lipinski definition) is 4. The Morgan fingerprint density at radius 2 is 1.56 bits per heavy atom. The number of para-hydroxylation sites is 1. The summed E-state index contributed by atoms with van der Waals surface area (Å²) in [6.07, 6.45) is 0.375. The van der Waals surface area contributed by atoms with Crippen LogP contribution in [0.15, 0.2) is 48.5 Å². The SMILES string of the molecule is CCC(=O)Nc1cccc(NC(=O)CNc2ccccc2C(N)=O)c1. The number of primary amides is 1. The van der Waals surface area contributed by atoms with Gasteiger partial charge >= 0.3 is 0 Å². The molecule has 0 heterocycles. The molecule has 0 aliphatic rings. The number of nitrogens with one attached hydrogen (secondary N) is 3. The number of amides is 3. The smallest absolute Gasteiger partial charge is 0.250 e. The first-order valence-electron chi connectivity index (χ1n) is 7.82. The number of carbonyl (C=O) groups excluding carboxylic acids is 3. The number of benzene rings is 2. The second-order valence-electron chi connectivity index (χ2n) is 5.29. The lowest BCUT2D eigenvalue weighted by Gasteiger charge is -2.11. The molecule has 0 unspecified atom stereocenters. The molecular formula is C18H20N4O3. The predicted octanol–water partition coefficient (Wildman–Crippen LogP) is 2.18. The van der Waals surface area contributed by atoms with E-state index in [0.29, 0.717) is 29.0 Å². The highest BCUT2D eigenvalue weighted by Crippen LogP contribution is 2.16. The molecule has 0 saturated carbocycles. The largest absolute Gasteiger partial charge is 0.376 e. The van der Waals surface area contributed by atoms with Crippen molar-refractivity contribution in [1.82, 2.24) is 0 Å². The van der Waals surface area contributed by atoms with E-state index in [1.807, 2.05) is 0 Å². The van der Waals surface area contributed by atoms with Crippen molar-refractivity contribution in [2.24, 2.45) is 5.73 Å². The molecular weight excluding hydrogens is 320 g/mol. The Hall–Kier alpha value is -3.35. The quantitative estimate of drug-likeness (QED) is 0.618. The van der Waals surface area contributed by atoms with Crippen molar-refractivity contribution in [3.63, 3.8) is 0 Å². The molecule has 25 heavy (non-hydrogen) atoms. The van der Waals surface area contributed by atoms with Gasteiger partial charge in [-0.2, -0.15) is 0 Å². The van der Waals surface area contributed by atoms with Gasteiger partial charge in [0.05, 0.1) is 12.1 Å². The standard InChI is InChI=1S/C18H20N4O3/c1-2-16(23)21-12-6-5-7-13(10-12)22-17(24)11-20-15-9-4-3-8-14(15)18(19)25/h3-10,20H,2,11H2,1H3,(H2,19,25)(H,21,23)(H,22,24). The van der Waals surface area contributed by atoms with Crippen LogP contribution in [-0.4, -0.2) is 24.3 Å². The van der Waals surface area contributed by atoms with Crippen molar-refractivity contribution in [2.45, 2.75) is 13.3 Å². The molecule has 5 N–H and O–H groups in total. The topological polar surface area (TPSA) is 113 Å². The Labute approximate surface area is 145 Å². The molecule has 0 atom stereocenters. The van der Waals surface area contributed by atoms with Crippen LogP contribution in [0, 0.1) is 0 Å². The molecule has 0 spiro atoms. The first-order valence-corrected chi connectivity index (χ1v) is 7.82. The number of anilines is 3. The average molecular weight is 340 g/mol. The third-order valence-electron chi connectivity index (χ3n) is 3.38. The van der Waals surface area contributed by atoms with Gasteiger partial charge in [-0.15, -0.1) is 0 Å². The maximum Gasteiger partial charge on any atom is 0.250 e. The van der Waals surface area contributed by atoms with E-state index in [2.05, 4.69) is 16.0 Å². The van der Waals surface area contributed by atoms with E-state index in [9.17, 15) is 14.4 Å². The summed E-state index contributed by atoms with van der Waals surface area (Å²) >= 11 is 0. The summed E-state index contributed by atoms with van der Waals surface area (Å²) in [4.78, 5) is 34.8. The van der Waals surface area contributed by atoms with Crippen molar-refractivity contribution >= 4 is 34.8 Å². The fourth-order valence-electron chi connectivity index (χ4n) is 2.16. The monoisotopic (exact) mass is 340 g/mol. The van der Waals surface area contributed by atoms with Crippen LogP contribution in [0.1, 0.15) is 23.7 Å². The maximum atomic E-state index is 12.1. The molecule has 2 rings (SSSR count). The molecule has 0 aromatic heterocycles. The minimum Gasteiger partial charge on any atom is -0.376 e. The molecule has 0 bridgehead atoms. The third-order valence-corrected chi connectivity index (χ3v) is 3.38. The molecule has 2 aromatic rings. The van der Waals surface area contributed by atoms with Gasteiger partial charge in [-0.05, 0) is 30.3 Å². The summed E-state index contributed by atoms with van der Waals surface area (Å²) in [5.74, 6) is -0.964. The van der Waals surface area contributed by atoms with Gasteiger partial charge in [0.1, 0.15) is 0 Å². The van der Waals surface area contributed by atoms with Crippen molar-refractivity contribution in [2.75, 3.05) is 22.5 Å². The first-order chi connectivity index (χ1) is 12.0. The van der Waals surface area contributed by atoms with Crippen LogP contribution < -0.4 is 21.7 Å². The summed E-state index contributed by atoms with van der Waals surface area (Å²) < 4.78 is 0. The van der Waals surface area contributed by atoms with Crippen LogP contribution >= 0.6 is 0 Å². The third kappa shape index (κ3) is 5.35. The molecule has 0 aliphatic carbocycles.